The number of hydrogen-bond donors (Lipinski definition) is 1. The Kier molecular flexibility index (Phi) is 4.58. The SMILES string of the molecule is Fc1ccc(CNC2CCCCC2)cc1I. The Bertz CT molecular complexity index is 348. The molecule has 1 fully saturated rings. The van der Waals surface area contributed by atoms with Crippen molar-refractivity contribution in [1.29, 1.82) is 0 Å². The lowest BCUT2D eigenvalue weighted by Gasteiger charge is -2.22. The summed E-state index contributed by atoms with van der Waals surface area (Å²) in [5.74, 6) is -0.123. The molecule has 3 heteroatoms. The molecule has 2 rings (SSSR count). The molecule has 0 heterocycles. The van der Waals surface area contributed by atoms with Crippen molar-refractivity contribution in [2.45, 2.75) is 44.7 Å². The zero-order chi connectivity index (χ0) is 11.4. The van der Waals surface area contributed by atoms with Crippen LogP contribution in [0.5, 0.6) is 0 Å². The van der Waals surface area contributed by atoms with Gasteiger partial charge in [-0.2, -0.15) is 0 Å². The number of nitrogens with one attached hydrogen (secondary N) is 1. The van der Waals surface area contributed by atoms with E-state index in [1.54, 1.807) is 6.07 Å². The molecule has 1 saturated carbocycles. The topological polar surface area (TPSA) is 12.0 Å². The number of benzene rings is 1. The predicted molar refractivity (Wildman–Crippen MR) is 72.8 cm³/mol. The van der Waals surface area contributed by atoms with Crippen molar-refractivity contribution in [3.8, 4) is 0 Å². The molecule has 0 bridgehead atoms. The van der Waals surface area contributed by atoms with Gasteiger partial charge in [0.15, 0.2) is 0 Å². The Hall–Kier alpha value is -0.160. The van der Waals surface area contributed by atoms with Gasteiger partial charge < -0.3 is 5.32 Å². The molecule has 1 N–H and O–H groups in total. The van der Waals surface area contributed by atoms with Crippen molar-refractivity contribution in [3.05, 3.63) is 33.1 Å². The summed E-state index contributed by atoms with van der Waals surface area (Å²) in [5.41, 5.74) is 1.18. The van der Waals surface area contributed by atoms with Crippen molar-refractivity contribution in [1.82, 2.24) is 5.32 Å². The molecule has 0 spiro atoms. The van der Waals surface area contributed by atoms with E-state index in [0.717, 1.165) is 6.54 Å². The molecule has 0 aromatic heterocycles. The molecule has 0 aliphatic heterocycles. The average Bonchev–Trinajstić information content (AvgIpc) is 2.32. The first-order valence-electron chi connectivity index (χ1n) is 5.93. The van der Waals surface area contributed by atoms with E-state index in [-0.39, 0.29) is 5.82 Å². The van der Waals surface area contributed by atoms with Crippen LogP contribution in [0.3, 0.4) is 0 Å². The molecular formula is C13H17FIN. The highest BCUT2D eigenvalue weighted by atomic mass is 127. The van der Waals surface area contributed by atoms with E-state index in [9.17, 15) is 4.39 Å². The van der Waals surface area contributed by atoms with Crippen molar-refractivity contribution in [3.63, 3.8) is 0 Å². The first-order chi connectivity index (χ1) is 7.75. The van der Waals surface area contributed by atoms with E-state index in [4.69, 9.17) is 0 Å². The highest BCUT2D eigenvalue weighted by molar-refractivity contribution is 14.1. The lowest BCUT2D eigenvalue weighted by molar-refractivity contribution is 0.372. The summed E-state index contributed by atoms with van der Waals surface area (Å²) < 4.78 is 13.8. The molecule has 16 heavy (non-hydrogen) atoms. The van der Waals surface area contributed by atoms with Gasteiger partial charge in [-0.3, -0.25) is 0 Å². The third kappa shape index (κ3) is 3.42. The lowest BCUT2D eigenvalue weighted by atomic mass is 9.95. The summed E-state index contributed by atoms with van der Waals surface area (Å²) in [6, 6.07) is 6.01. The Morgan fingerprint density at radius 3 is 2.69 bits per heavy atom. The van der Waals surface area contributed by atoms with Crippen LogP contribution in [0.15, 0.2) is 18.2 Å². The third-order valence-electron chi connectivity index (χ3n) is 3.18. The van der Waals surface area contributed by atoms with Crippen LogP contribution in [0.2, 0.25) is 0 Å². The quantitative estimate of drug-likeness (QED) is 0.829. The van der Waals surface area contributed by atoms with Crippen LogP contribution in [-0.4, -0.2) is 6.04 Å². The summed E-state index contributed by atoms with van der Waals surface area (Å²) >= 11 is 2.04. The maximum atomic E-state index is 13.1. The number of hydrogen-bond acceptors (Lipinski definition) is 1. The zero-order valence-corrected chi connectivity index (χ0v) is 11.5. The smallest absolute Gasteiger partial charge is 0.136 e. The second kappa shape index (κ2) is 5.96. The van der Waals surface area contributed by atoms with Crippen LogP contribution in [0.4, 0.5) is 4.39 Å². The first-order valence-corrected chi connectivity index (χ1v) is 7.01. The molecule has 0 atom stereocenters. The minimum absolute atomic E-state index is 0.123. The monoisotopic (exact) mass is 333 g/mol. The Morgan fingerprint density at radius 1 is 1.25 bits per heavy atom. The maximum absolute atomic E-state index is 13.1. The van der Waals surface area contributed by atoms with Crippen molar-refractivity contribution in [2.75, 3.05) is 0 Å². The molecule has 0 saturated heterocycles. The van der Waals surface area contributed by atoms with Crippen molar-refractivity contribution in [2.24, 2.45) is 0 Å². The van der Waals surface area contributed by atoms with E-state index in [1.807, 2.05) is 34.7 Å². The van der Waals surface area contributed by atoms with Gasteiger partial charge in [0.25, 0.3) is 0 Å². The van der Waals surface area contributed by atoms with E-state index in [1.165, 1.54) is 37.7 Å². The van der Waals surface area contributed by atoms with Crippen LogP contribution < -0.4 is 5.32 Å². The Balaban J connectivity index is 1.86. The lowest BCUT2D eigenvalue weighted by Crippen LogP contribution is -2.30. The second-order valence-corrected chi connectivity index (χ2v) is 5.63. The van der Waals surface area contributed by atoms with Gasteiger partial charge in [0, 0.05) is 16.2 Å². The van der Waals surface area contributed by atoms with Crippen LogP contribution in [0.25, 0.3) is 0 Å². The van der Waals surface area contributed by atoms with E-state index in [2.05, 4.69) is 5.32 Å². The van der Waals surface area contributed by atoms with Crippen LogP contribution in [-0.2, 0) is 6.54 Å². The second-order valence-electron chi connectivity index (χ2n) is 4.46. The molecule has 88 valence electrons. The Morgan fingerprint density at radius 2 is 2.00 bits per heavy atom. The zero-order valence-electron chi connectivity index (χ0n) is 9.31. The van der Waals surface area contributed by atoms with Gasteiger partial charge in [-0.25, -0.2) is 4.39 Å². The van der Waals surface area contributed by atoms with E-state index < -0.39 is 0 Å². The third-order valence-corrected chi connectivity index (χ3v) is 4.01. The summed E-state index contributed by atoms with van der Waals surface area (Å²) in [6.07, 6.45) is 6.65. The highest BCUT2D eigenvalue weighted by Crippen LogP contribution is 2.18. The molecule has 0 unspecified atom stereocenters. The fourth-order valence-electron chi connectivity index (χ4n) is 2.22. The molecule has 0 amide bonds. The van der Waals surface area contributed by atoms with Crippen LogP contribution >= 0.6 is 22.6 Å². The summed E-state index contributed by atoms with van der Waals surface area (Å²) in [7, 11) is 0. The van der Waals surface area contributed by atoms with Crippen LogP contribution in [0, 0.1) is 9.39 Å². The van der Waals surface area contributed by atoms with Gasteiger partial charge in [-0.05, 0) is 53.1 Å². The normalized spacial score (nSPS) is 17.6. The van der Waals surface area contributed by atoms with Crippen LogP contribution in [0.1, 0.15) is 37.7 Å². The fraction of sp³-hybridized carbons (Fsp3) is 0.538. The van der Waals surface area contributed by atoms with E-state index in [0.29, 0.717) is 9.61 Å². The molecule has 1 aliphatic carbocycles. The highest BCUT2D eigenvalue weighted by Gasteiger charge is 2.12. The Labute approximate surface area is 110 Å². The average molecular weight is 333 g/mol. The van der Waals surface area contributed by atoms with E-state index >= 15 is 0 Å². The summed E-state index contributed by atoms with van der Waals surface area (Å²) in [5, 5.41) is 3.56. The van der Waals surface area contributed by atoms with Gasteiger partial charge in [0.2, 0.25) is 0 Å². The predicted octanol–water partition coefficient (Wildman–Crippen LogP) is 3.85. The van der Waals surface area contributed by atoms with Gasteiger partial charge in [0.1, 0.15) is 5.82 Å². The number of rotatable bonds is 3. The fourth-order valence-corrected chi connectivity index (χ4v) is 2.80. The van der Waals surface area contributed by atoms with Crippen molar-refractivity contribution >= 4 is 22.6 Å². The summed E-state index contributed by atoms with van der Waals surface area (Å²) in [4.78, 5) is 0. The summed E-state index contributed by atoms with van der Waals surface area (Å²) in [6.45, 7) is 0.862. The molecule has 1 nitrogen and oxygen atoms in total. The van der Waals surface area contributed by atoms with Gasteiger partial charge in [-0.1, -0.05) is 25.3 Å². The first kappa shape index (κ1) is 12.3. The van der Waals surface area contributed by atoms with Gasteiger partial charge in [-0.15, -0.1) is 0 Å². The minimum atomic E-state index is -0.123. The van der Waals surface area contributed by atoms with Gasteiger partial charge >= 0.3 is 0 Å². The minimum Gasteiger partial charge on any atom is -0.310 e. The largest absolute Gasteiger partial charge is 0.310 e. The van der Waals surface area contributed by atoms with Gasteiger partial charge in [0.05, 0.1) is 0 Å². The maximum Gasteiger partial charge on any atom is 0.136 e. The molecule has 0 radical (unpaired) electrons. The number of halogens is 2. The van der Waals surface area contributed by atoms with Crippen molar-refractivity contribution < 1.29 is 4.39 Å². The molecular weight excluding hydrogens is 316 g/mol. The molecule has 1 aromatic rings. The standard InChI is InChI=1S/C13H17FIN/c14-12-7-6-10(8-13(12)15)9-16-11-4-2-1-3-5-11/h6-8,11,16H,1-5,9H2. The molecule has 1 aliphatic rings. The molecule has 1 aromatic carbocycles.